The van der Waals surface area contributed by atoms with E-state index in [4.69, 9.17) is 0 Å². The normalized spacial score (nSPS) is 18.3. The number of thioether (sulfide) groups is 4. The Balaban J connectivity index is 1.90. The van der Waals surface area contributed by atoms with Crippen LogP contribution in [0, 0.1) is 0 Å². The van der Waals surface area contributed by atoms with Crippen LogP contribution >= 0.6 is 47.0 Å². The Kier molecular flexibility index (Phi) is 5.86. The summed E-state index contributed by atoms with van der Waals surface area (Å²) in [4.78, 5) is 47.9. The zero-order valence-electron chi connectivity index (χ0n) is 14.0. The van der Waals surface area contributed by atoms with Crippen LogP contribution in [0.1, 0.15) is 25.7 Å². The van der Waals surface area contributed by atoms with E-state index in [1.165, 1.54) is 47.0 Å². The number of hydrogen-bond donors (Lipinski definition) is 4. The van der Waals surface area contributed by atoms with Crippen molar-refractivity contribution in [2.75, 3.05) is 0 Å². The van der Waals surface area contributed by atoms with Crippen LogP contribution in [-0.2, 0) is 19.2 Å². The molecule has 0 radical (unpaired) electrons. The van der Waals surface area contributed by atoms with Crippen LogP contribution in [0.25, 0.3) is 0 Å². The minimum atomic E-state index is -1.09. The Morgan fingerprint density at radius 3 is 0.964 bits per heavy atom. The molecule has 1 aromatic rings. The average molecular weight is 463 g/mol. The van der Waals surface area contributed by atoms with E-state index < -0.39 is 32.0 Å². The minimum Gasteiger partial charge on any atom is -0.481 e. The number of carbonyl (C=O) groups is 4. The van der Waals surface area contributed by atoms with Crippen molar-refractivity contribution in [3.05, 3.63) is 12.1 Å². The average Bonchev–Trinajstić information content (AvgIpc) is 2.96. The van der Waals surface area contributed by atoms with Gasteiger partial charge < -0.3 is 20.4 Å². The number of benzene rings is 1. The molecule has 150 valence electrons. The molecule has 0 saturated carbocycles. The summed E-state index contributed by atoms with van der Waals surface area (Å²) in [6.45, 7) is 0. The lowest BCUT2D eigenvalue weighted by Crippen LogP contribution is -2.25. The second-order valence-corrected chi connectivity index (χ2v) is 12.5. The predicted molar refractivity (Wildman–Crippen MR) is 104 cm³/mol. The largest absolute Gasteiger partial charge is 0.481 e. The lowest BCUT2D eigenvalue weighted by molar-refractivity contribution is -0.140. The SMILES string of the molecule is O=C(O)CC1(CC(=O)O)Sc2cc3c(cc2S1)SC(CC(=O)O)(CC(=O)O)S3. The van der Waals surface area contributed by atoms with Crippen LogP contribution in [0.4, 0.5) is 0 Å². The van der Waals surface area contributed by atoms with Gasteiger partial charge in [0.05, 0.1) is 33.8 Å². The van der Waals surface area contributed by atoms with Gasteiger partial charge in [-0.1, -0.05) is 0 Å². The van der Waals surface area contributed by atoms with Crippen LogP contribution < -0.4 is 0 Å². The van der Waals surface area contributed by atoms with Crippen LogP contribution in [-0.4, -0.2) is 52.5 Å². The summed E-state index contributed by atoms with van der Waals surface area (Å²) in [6, 6.07) is 3.55. The van der Waals surface area contributed by atoms with Gasteiger partial charge in [-0.2, -0.15) is 0 Å². The smallest absolute Gasteiger partial charge is 0.305 e. The topological polar surface area (TPSA) is 149 Å². The van der Waals surface area contributed by atoms with Crippen LogP contribution in [0.5, 0.6) is 0 Å². The Bertz CT molecular complexity index is 745. The fourth-order valence-corrected chi connectivity index (χ4v) is 9.59. The van der Waals surface area contributed by atoms with Crippen molar-refractivity contribution in [3.63, 3.8) is 0 Å². The highest BCUT2D eigenvalue weighted by Crippen LogP contribution is 2.65. The van der Waals surface area contributed by atoms with Gasteiger partial charge in [-0.05, 0) is 12.1 Å². The first-order valence-electron chi connectivity index (χ1n) is 7.83. The first-order valence-corrected chi connectivity index (χ1v) is 11.1. The molecule has 12 heteroatoms. The predicted octanol–water partition coefficient (Wildman–Crippen LogP) is 3.37. The lowest BCUT2D eigenvalue weighted by Gasteiger charge is -2.23. The molecule has 3 rings (SSSR count). The third-order valence-electron chi connectivity index (χ3n) is 3.88. The molecule has 0 aromatic heterocycles. The van der Waals surface area contributed by atoms with Crippen molar-refractivity contribution in [1.29, 1.82) is 0 Å². The van der Waals surface area contributed by atoms with Gasteiger partial charge in [-0.3, -0.25) is 19.2 Å². The Morgan fingerprint density at radius 1 is 0.571 bits per heavy atom. The van der Waals surface area contributed by atoms with E-state index in [9.17, 15) is 39.6 Å². The van der Waals surface area contributed by atoms with Crippen LogP contribution in [0.2, 0.25) is 0 Å². The molecule has 0 spiro atoms. The van der Waals surface area contributed by atoms with Gasteiger partial charge in [0.1, 0.15) is 0 Å². The zero-order valence-corrected chi connectivity index (χ0v) is 17.3. The van der Waals surface area contributed by atoms with Crippen molar-refractivity contribution in [1.82, 2.24) is 0 Å². The van der Waals surface area contributed by atoms with E-state index in [1.807, 2.05) is 0 Å². The maximum Gasteiger partial charge on any atom is 0.305 e. The number of rotatable bonds is 8. The second kappa shape index (κ2) is 7.73. The van der Waals surface area contributed by atoms with Crippen molar-refractivity contribution in [2.24, 2.45) is 0 Å². The van der Waals surface area contributed by atoms with Gasteiger partial charge in [-0.25, -0.2) is 0 Å². The van der Waals surface area contributed by atoms with E-state index in [1.54, 1.807) is 12.1 Å². The zero-order chi connectivity index (χ0) is 20.7. The molecule has 0 unspecified atom stereocenters. The van der Waals surface area contributed by atoms with Crippen molar-refractivity contribution in [3.8, 4) is 0 Å². The molecular weight excluding hydrogens is 448 g/mol. The van der Waals surface area contributed by atoms with E-state index in [0.29, 0.717) is 0 Å². The maximum absolute atomic E-state index is 11.2. The third-order valence-corrected chi connectivity index (χ3v) is 10.0. The summed E-state index contributed by atoms with van der Waals surface area (Å²) < 4.78 is -2.10. The molecule has 2 heterocycles. The molecule has 2 aliphatic heterocycles. The van der Waals surface area contributed by atoms with Gasteiger partial charge >= 0.3 is 23.9 Å². The second-order valence-electron chi connectivity index (χ2n) is 6.26. The Labute approximate surface area is 175 Å². The lowest BCUT2D eigenvalue weighted by atomic mass is 10.2. The highest BCUT2D eigenvalue weighted by molar-refractivity contribution is 8.21. The molecule has 0 saturated heterocycles. The summed E-state index contributed by atoms with van der Waals surface area (Å²) in [5, 5.41) is 36.8. The Morgan fingerprint density at radius 2 is 0.786 bits per heavy atom. The molecule has 8 nitrogen and oxygen atoms in total. The third kappa shape index (κ3) is 4.56. The van der Waals surface area contributed by atoms with E-state index in [-0.39, 0.29) is 25.7 Å². The maximum atomic E-state index is 11.2. The van der Waals surface area contributed by atoms with Gasteiger partial charge in [0.25, 0.3) is 0 Å². The summed E-state index contributed by atoms with van der Waals surface area (Å²) in [5.74, 6) is -4.36. The van der Waals surface area contributed by atoms with E-state index in [0.717, 1.165) is 19.6 Å². The van der Waals surface area contributed by atoms with Crippen molar-refractivity contribution < 1.29 is 39.6 Å². The van der Waals surface area contributed by atoms with E-state index >= 15 is 0 Å². The first kappa shape index (κ1) is 21.2. The van der Waals surface area contributed by atoms with Crippen LogP contribution in [0.15, 0.2) is 31.7 Å². The molecule has 0 amide bonds. The number of hydrogen-bond acceptors (Lipinski definition) is 8. The van der Waals surface area contributed by atoms with Gasteiger partial charge in [-0.15, -0.1) is 47.0 Å². The van der Waals surface area contributed by atoms with E-state index in [2.05, 4.69) is 0 Å². The molecule has 0 fully saturated rings. The highest BCUT2D eigenvalue weighted by atomic mass is 32.2. The quantitative estimate of drug-likeness (QED) is 0.448. The van der Waals surface area contributed by atoms with Gasteiger partial charge in [0, 0.05) is 19.6 Å². The number of fused-ring (bicyclic) bond motifs is 2. The first-order chi connectivity index (χ1) is 13.0. The minimum absolute atomic E-state index is 0.323. The fourth-order valence-electron chi connectivity index (χ4n) is 3.02. The standard InChI is InChI=1S/C16H14O8S4/c17-11(18)3-15(4-12(19)20)25-7-1-8-10(2-9(7)27-15)28-16(26-8,5-13(21)22)6-14(23)24/h1-2H,3-6H2,(H,17,18)(H,19,20)(H,21,22)(H,23,24). The molecule has 0 aliphatic carbocycles. The summed E-state index contributed by atoms with van der Waals surface area (Å²) in [7, 11) is 0. The molecule has 2 aliphatic rings. The van der Waals surface area contributed by atoms with Crippen LogP contribution in [0.3, 0.4) is 0 Å². The van der Waals surface area contributed by atoms with Gasteiger partial charge in [0.15, 0.2) is 0 Å². The molecule has 4 N–H and O–H groups in total. The van der Waals surface area contributed by atoms with Gasteiger partial charge in [0.2, 0.25) is 0 Å². The van der Waals surface area contributed by atoms with Crippen molar-refractivity contribution >= 4 is 70.9 Å². The molecule has 0 atom stereocenters. The monoisotopic (exact) mass is 462 g/mol. The number of carboxylic acids is 4. The molecule has 1 aromatic carbocycles. The molecular formula is C16H14O8S4. The molecule has 28 heavy (non-hydrogen) atoms. The molecule has 0 bridgehead atoms. The summed E-state index contributed by atoms with van der Waals surface area (Å²) in [6.07, 6.45) is -1.29. The number of aliphatic carboxylic acids is 4. The summed E-state index contributed by atoms with van der Waals surface area (Å²) in [5.41, 5.74) is 0. The summed E-state index contributed by atoms with van der Waals surface area (Å²) >= 11 is 4.72. The fraction of sp³-hybridized carbons (Fsp3) is 0.375. The highest BCUT2D eigenvalue weighted by Gasteiger charge is 2.47. The Hall–Kier alpha value is -1.50. The number of carboxylic acid groups (broad SMARTS) is 4. The van der Waals surface area contributed by atoms with Crippen molar-refractivity contribution in [2.45, 2.75) is 53.4 Å².